The molecule has 0 saturated carbocycles. The van der Waals surface area contributed by atoms with E-state index in [2.05, 4.69) is 43.7 Å². The fraction of sp³-hybridized carbons (Fsp3) is 0.132. The first-order chi connectivity index (χ1) is 24.3. The van der Waals surface area contributed by atoms with Gasteiger partial charge in [-0.15, -0.1) is 0 Å². The first kappa shape index (κ1) is 33.0. The predicted octanol–water partition coefficient (Wildman–Crippen LogP) is 7.31. The molecule has 0 aliphatic heterocycles. The Morgan fingerprint density at radius 1 is 0.900 bits per heavy atom. The molecule has 0 atom stereocenters. The quantitative estimate of drug-likeness (QED) is 0.127. The van der Waals surface area contributed by atoms with Crippen molar-refractivity contribution in [2.45, 2.75) is 23.9 Å². The largest absolute Gasteiger partial charge is 0.493 e. The zero-order chi connectivity index (χ0) is 34.7. The number of sulfonamides is 1. The number of aromatic nitrogens is 3. The van der Waals surface area contributed by atoms with E-state index in [1.54, 1.807) is 18.2 Å². The predicted molar refractivity (Wildman–Crippen MR) is 190 cm³/mol. The summed E-state index contributed by atoms with van der Waals surface area (Å²) >= 11 is 6.61. The summed E-state index contributed by atoms with van der Waals surface area (Å²) in [6.07, 6.45) is 3.51. The van der Waals surface area contributed by atoms with E-state index in [1.807, 2.05) is 54.6 Å². The molecule has 0 saturated heterocycles. The summed E-state index contributed by atoms with van der Waals surface area (Å²) in [6, 6.07) is 33.7. The van der Waals surface area contributed by atoms with Gasteiger partial charge in [-0.2, -0.15) is 0 Å². The van der Waals surface area contributed by atoms with E-state index < -0.39 is 16.0 Å². The number of aromatic carboxylic acids is 1. The van der Waals surface area contributed by atoms with Gasteiger partial charge in [0.25, 0.3) is 10.0 Å². The van der Waals surface area contributed by atoms with E-state index >= 15 is 0 Å². The van der Waals surface area contributed by atoms with Gasteiger partial charge in [-0.25, -0.2) is 22.9 Å². The number of hydrogen-bond donors (Lipinski definition) is 2. The van der Waals surface area contributed by atoms with E-state index in [-0.39, 0.29) is 29.8 Å². The summed E-state index contributed by atoms with van der Waals surface area (Å²) in [5, 5.41) is 14.7. The topological polar surface area (TPSA) is 137 Å². The Morgan fingerprint density at radius 2 is 1.60 bits per heavy atom. The second-order valence-electron chi connectivity index (χ2n) is 11.6. The summed E-state index contributed by atoms with van der Waals surface area (Å²) < 4.78 is 43.4. The molecule has 7 rings (SSSR count). The van der Waals surface area contributed by atoms with E-state index in [0.717, 1.165) is 33.3 Å². The lowest BCUT2D eigenvalue weighted by molar-refractivity contribution is 0.0697. The van der Waals surface area contributed by atoms with Crippen LogP contribution in [0.25, 0.3) is 21.9 Å². The Balaban J connectivity index is 1.31. The van der Waals surface area contributed by atoms with E-state index in [1.165, 1.54) is 24.5 Å². The number of benzene rings is 4. The van der Waals surface area contributed by atoms with Gasteiger partial charge in [0.2, 0.25) is 0 Å². The molecular weight excluding hydrogens is 676 g/mol. The Morgan fingerprint density at radius 3 is 2.28 bits per heavy atom. The molecule has 3 aromatic heterocycles. The maximum atomic E-state index is 13.6. The summed E-state index contributed by atoms with van der Waals surface area (Å²) in [6.45, 7) is 0.341. The minimum atomic E-state index is -4.03. The van der Waals surface area contributed by atoms with Crippen molar-refractivity contribution >= 4 is 49.5 Å². The molecule has 0 amide bonds. The van der Waals surface area contributed by atoms with Gasteiger partial charge in [0.15, 0.2) is 10.6 Å². The lowest BCUT2D eigenvalue weighted by atomic mass is 9.97. The molecule has 0 fully saturated rings. The Hall–Kier alpha value is -5.49. The van der Waals surface area contributed by atoms with Crippen molar-refractivity contribution < 1.29 is 27.6 Å². The van der Waals surface area contributed by atoms with Crippen molar-refractivity contribution in [2.75, 3.05) is 13.2 Å². The summed E-state index contributed by atoms with van der Waals surface area (Å²) in [4.78, 5) is 15.5. The minimum absolute atomic E-state index is 0.0660. The van der Waals surface area contributed by atoms with Crippen molar-refractivity contribution in [3.63, 3.8) is 0 Å². The molecule has 2 N–H and O–H groups in total. The van der Waals surface area contributed by atoms with Gasteiger partial charge in [-0.05, 0) is 59.2 Å². The lowest BCUT2D eigenvalue weighted by Crippen LogP contribution is -2.28. The first-order valence-electron chi connectivity index (χ1n) is 15.9. The molecule has 7 aromatic rings. The Kier molecular flexibility index (Phi) is 9.36. The molecule has 0 aliphatic rings. The van der Waals surface area contributed by atoms with Crippen LogP contribution in [-0.2, 0) is 22.9 Å². The maximum Gasteiger partial charge on any atom is 0.335 e. The molecule has 0 aliphatic carbocycles. The molecule has 0 spiro atoms. The average Bonchev–Trinajstić information content (AvgIpc) is 3.72. The molecule has 10 nitrogen and oxygen atoms in total. The molecule has 252 valence electrons. The standard InChI is InChI=1S/C38H31ClN4O6S/c39-28-13-16-33-31(23-28)30(19-22-48-29-14-11-27(12-15-29)38(44)45)34(17-21-42-50(46,47)37-32-24-41-49-35(32)18-20-40-37)43(33)36(25-7-3-1-4-8-25)26-9-5-2-6-10-26/h1-16,18,20,23-24,36,42H,17,19,21-22H2,(H,44,45). The number of hydrogen-bond acceptors (Lipinski definition) is 7. The van der Waals surface area contributed by atoms with Gasteiger partial charge in [0.1, 0.15) is 5.75 Å². The number of nitrogens with zero attached hydrogens (tertiary/aromatic N) is 3. The normalized spacial score (nSPS) is 11.8. The zero-order valence-corrected chi connectivity index (χ0v) is 28.1. The first-order valence-corrected chi connectivity index (χ1v) is 17.7. The number of carboxylic acid groups (broad SMARTS) is 1. The van der Waals surface area contributed by atoms with Gasteiger partial charge < -0.3 is 18.9 Å². The highest BCUT2D eigenvalue weighted by Crippen LogP contribution is 2.38. The third-order valence-electron chi connectivity index (χ3n) is 8.55. The van der Waals surface area contributed by atoms with Gasteiger partial charge in [0.05, 0.1) is 29.8 Å². The fourth-order valence-corrected chi connectivity index (χ4v) is 7.66. The van der Waals surface area contributed by atoms with Crippen molar-refractivity contribution in [3.8, 4) is 5.75 Å². The molecule has 0 unspecified atom stereocenters. The number of rotatable bonds is 13. The van der Waals surface area contributed by atoms with Gasteiger partial charge in [-0.3, -0.25) is 0 Å². The zero-order valence-electron chi connectivity index (χ0n) is 26.6. The third-order valence-corrected chi connectivity index (χ3v) is 10.2. The third kappa shape index (κ3) is 6.71. The van der Waals surface area contributed by atoms with E-state index in [0.29, 0.717) is 34.6 Å². The number of halogens is 1. The number of nitrogens with one attached hydrogen (secondary N) is 1. The van der Waals surface area contributed by atoms with Crippen LogP contribution in [0.4, 0.5) is 0 Å². The van der Waals surface area contributed by atoms with Crippen LogP contribution in [-0.4, -0.2) is 47.4 Å². The van der Waals surface area contributed by atoms with Gasteiger partial charge in [0, 0.05) is 53.3 Å². The maximum absolute atomic E-state index is 13.6. The number of carboxylic acids is 1. The van der Waals surface area contributed by atoms with Crippen molar-refractivity contribution in [2.24, 2.45) is 0 Å². The number of fused-ring (bicyclic) bond motifs is 2. The number of pyridine rings is 1. The minimum Gasteiger partial charge on any atom is -0.493 e. The van der Waals surface area contributed by atoms with Crippen LogP contribution in [0.2, 0.25) is 5.02 Å². The summed E-state index contributed by atoms with van der Waals surface area (Å²) in [7, 11) is -4.03. The molecule has 0 radical (unpaired) electrons. The highest BCUT2D eigenvalue weighted by Gasteiger charge is 2.27. The monoisotopic (exact) mass is 706 g/mol. The summed E-state index contributed by atoms with van der Waals surface area (Å²) in [5.41, 5.74) is 5.40. The summed E-state index contributed by atoms with van der Waals surface area (Å²) in [5.74, 6) is -0.477. The van der Waals surface area contributed by atoms with Crippen LogP contribution >= 0.6 is 11.6 Å². The van der Waals surface area contributed by atoms with E-state index in [9.17, 15) is 18.3 Å². The molecule has 3 heterocycles. The van der Waals surface area contributed by atoms with Crippen LogP contribution in [0.1, 0.15) is 38.8 Å². The molecule has 0 bridgehead atoms. The Bertz CT molecular complexity index is 2360. The average molecular weight is 707 g/mol. The van der Waals surface area contributed by atoms with Crippen LogP contribution in [0.5, 0.6) is 5.75 Å². The van der Waals surface area contributed by atoms with Crippen molar-refractivity contribution in [3.05, 3.63) is 155 Å². The molecular formula is C38H31ClN4O6S. The van der Waals surface area contributed by atoms with Crippen LogP contribution in [0, 0.1) is 0 Å². The highest BCUT2D eigenvalue weighted by molar-refractivity contribution is 7.89. The Labute approximate surface area is 293 Å². The van der Waals surface area contributed by atoms with Crippen LogP contribution < -0.4 is 9.46 Å². The molecule has 12 heteroatoms. The molecule has 4 aromatic carbocycles. The van der Waals surface area contributed by atoms with Crippen molar-refractivity contribution in [1.82, 2.24) is 19.4 Å². The highest BCUT2D eigenvalue weighted by atomic mass is 35.5. The lowest BCUT2D eigenvalue weighted by Gasteiger charge is -2.25. The van der Waals surface area contributed by atoms with Crippen LogP contribution in [0.15, 0.2) is 131 Å². The van der Waals surface area contributed by atoms with E-state index in [4.69, 9.17) is 20.9 Å². The van der Waals surface area contributed by atoms with Crippen LogP contribution in [0.3, 0.4) is 0 Å². The second-order valence-corrected chi connectivity index (χ2v) is 13.7. The van der Waals surface area contributed by atoms with Gasteiger partial charge >= 0.3 is 5.97 Å². The fourth-order valence-electron chi connectivity index (χ4n) is 6.34. The number of ether oxygens (including phenoxy) is 1. The smallest absolute Gasteiger partial charge is 0.335 e. The SMILES string of the molecule is O=C(O)c1ccc(OCCc2c(CCNS(=O)(=O)c3nccc4oncc34)n(C(c3ccccc3)c3ccccc3)c3ccc(Cl)cc23)cc1. The van der Waals surface area contributed by atoms with Crippen molar-refractivity contribution in [1.29, 1.82) is 0 Å². The number of carbonyl (C=O) groups is 1. The second kappa shape index (κ2) is 14.2. The molecule has 50 heavy (non-hydrogen) atoms. The van der Waals surface area contributed by atoms with Gasteiger partial charge in [-0.1, -0.05) is 77.4 Å².